The van der Waals surface area contributed by atoms with Crippen LogP contribution in [0.1, 0.15) is 46.5 Å². The molecule has 0 bridgehead atoms. The summed E-state index contributed by atoms with van der Waals surface area (Å²) in [6.07, 6.45) is 4.38. The molecule has 5 nitrogen and oxygen atoms in total. The molecule has 1 saturated carbocycles. The SMILES string of the molecule is CC(C)(C)NS(=O)(=O)NCC1CCC(CN)CC1. The standard InChI is InChI=1S/C12H27N3O2S/c1-12(2,3)15-18(16,17)14-9-11-6-4-10(8-13)5-7-11/h10-11,14-15H,4-9,13H2,1-3H3. The molecule has 0 aromatic carbocycles. The van der Waals surface area contributed by atoms with Crippen LogP contribution in [0.25, 0.3) is 0 Å². The molecular formula is C12H27N3O2S. The van der Waals surface area contributed by atoms with Crippen LogP contribution >= 0.6 is 0 Å². The van der Waals surface area contributed by atoms with E-state index in [1.807, 2.05) is 20.8 Å². The summed E-state index contributed by atoms with van der Waals surface area (Å²) in [6.45, 7) is 6.78. The van der Waals surface area contributed by atoms with Crippen molar-refractivity contribution in [1.29, 1.82) is 0 Å². The lowest BCUT2D eigenvalue weighted by atomic mass is 9.82. The van der Waals surface area contributed by atoms with Gasteiger partial charge in [-0.2, -0.15) is 13.1 Å². The van der Waals surface area contributed by atoms with Gasteiger partial charge in [-0.1, -0.05) is 0 Å². The molecule has 0 atom stereocenters. The van der Waals surface area contributed by atoms with Gasteiger partial charge in [-0.15, -0.1) is 0 Å². The van der Waals surface area contributed by atoms with Crippen LogP contribution < -0.4 is 15.2 Å². The van der Waals surface area contributed by atoms with Crippen LogP contribution in [0.15, 0.2) is 0 Å². The molecule has 1 fully saturated rings. The lowest BCUT2D eigenvalue weighted by Crippen LogP contribution is -2.48. The highest BCUT2D eigenvalue weighted by Gasteiger charge is 2.23. The molecule has 0 radical (unpaired) electrons. The predicted octanol–water partition coefficient (Wildman–Crippen LogP) is 0.974. The summed E-state index contributed by atoms with van der Waals surface area (Å²) in [5.74, 6) is 1.08. The Balaban J connectivity index is 2.33. The Hall–Kier alpha value is -0.170. The Bertz CT molecular complexity index is 341. The summed E-state index contributed by atoms with van der Waals surface area (Å²) in [7, 11) is -3.38. The average Bonchev–Trinajstić information content (AvgIpc) is 2.24. The molecule has 4 N–H and O–H groups in total. The van der Waals surface area contributed by atoms with Crippen LogP contribution in [0, 0.1) is 11.8 Å². The van der Waals surface area contributed by atoms with Gasteiger partial charge in [-0.25, -0.2) is 4.72 Å². The molecule has 0 spiro atoms. The topological polar surface area (TPSA) is 84.2 Å². The van der Waals surface area contributed by atoms with Gasteiger partial charge in [0.05, 0.1) is 0 Å². The van der Waals surface area contributed by atoms with E-state index in [0.29, 0.717) is 18.4 Å². The first kappa shape index (κ1) is 15.9. The van der Waals surface area contributed by atoms with Crippen LogP contribution in [-0.4, -0.2) is 27.0 Å². The van der Waals surface area contributed by atoms with Gasteiger partial charge in [-0.05, 0) is 64.8 Å². The molecule has 18 heavy (non-hydrogen) atoms. The predicted molar refractivity (Wildman–Crippen MR) is 74.3 cm³/mol. The Morgan fingerprint density at radius 2 is 1.61 bits per heavy atom. The van der Waals surface area contributed by atoms with Crippen molar-refractivity contribution in [2.24, 2.45) is 17.6 Å². The highest BCUT2D eigenvalue weighted by atomic mass is 32.2. The van der Waals surface area contributed by atoms with Gasteiger partial charge in [0, 0.05) is 12.1 Å². The maximum absolute atomic E-state index is 11.8. The van der Waals surface area contributed by atoms with E-state index < -0.39 is 15.7 Å². The minimum atomic E-state index is -3.38. The quantitative estimate of drug-likeness (QED) is 0.700. The number of hydrogen-bond donors (Lipinski definition) is 3. The van der Waals surface area contributed by atoms with Gasteiger partial charge in [0.15, 0.2) is 0 Å². The minimum Gasteiger partial charge on any atom is -0.330 e. The van der Waals surface area contributed by atoms with Gasteiger partial charge < -0.3 is 5.73 Å². The summed E-state index contributed by atoms with van der Waals surface area (Å²) in [5.41, 5.74) is 5.20. The van der Waals surface area contributed by atoms with Gasteiger partial charge >= 0.3 is 0 Å². The lowest BCUT2D eigenvalue weighted by Gasteiger charge is -2.28. The number of nitrogens with one attached hydrogen (secondary N) is 2. The van der Waals surface area contributed by atoms with Gasteiger partial charge in [0.1, 0.15) is 0 Å². The second-order valence-corrected chi connectivity index (χ2v) is 7.83. The van der Waals surface area contributed by atoms with Crippen molar-refractivity contribution in [2.45, 2.75) is 52.0 Å². The van der Waals surface area contributed by atoms with E-state index in [-0.39, 0.29) is 0 Å². The fraction of sp³-hybridized carbons (Fsp3) is 1.00. The fourth-order valence-electron chi connectivity index (χ4n) is 2.34. The van der Waals surface area contributed by atoms with Gasteiger partial charge in [0.2, 0.25) is 0 Å². The molecule has 108 valence electrons. The molecule has 0 unspecified atom stereocenters. The number of nitrogens with two attached hydrogens (primary N) is 1. The Labute approximate surface area is 111 Å². The third-order valence-corrected chi connectivity index (χ3v) is 4.73. The Morgan fingerprint density at radius 1 is 1.11 bits per heavy atom. The van der Waals surface area contributed by atoms with E-state index in [1.165, 1.54) is 0 Å². The summed E-state index contributed by atoms with van der Waals surface area (Å²) in [4.78, 5) is 0. The van der Waals surface area contributed by atoms with E-state index in [4.69, 9.17) is 5.73 Å². The monoisotopic (exact) mass is 277 g/mol. The van der Waals surface area contributed by atoms with E-state index in [9.17, 15) is 8.42 Å². The molecule has 0 aromatic rings. The zero-order chi connectivity index (χ0) is 13.8. The summed E-state index contributed by atoms with van der Waals surface area (Å²) >= 11 is 0. The third-order valence-electron chi connectivity index (χ3n) is 3.30. The first-order valence-corrected chi connectivity index (χ1v) is 8.19. The molecule has 1 aliphatic carbocycles. The zero-order valence-electron chi connectivity index (χ0n) is 11.7. The van der Waals surface area contributed by atoms with Crippen molar-refractivity contribution in [2.75, 3.05) is 13.1 Å². The molecule has 0 amide bonds. The molecule has 1 aliphatic rings. The largest absolute Gasteiger partial charge is 0.330 e. The maximum Gasteiger partial charge on any atom is 0.277 e. The second kappa shape index (κ2) is 6.32. The first-order valence-electron chi connectivity index (χ1n) is 6.70. The molecule has 0 saturated heterocycles. The zero-order valence-corrected chi connectivity index (χ0v) is 12.5. The van der Waals surface area contributed by atoms with Crippen molar-refractivity contribution in [3.63, 3.8) is 0 Å². The summed E-state index contributed by atoms with van der Waals surface area (Å²) in [5, 5.41) is 0. The van der Waals surface area contributed by atoms with Crippen LogP contribution in [0.3, 0.4) is 0 Å². The van der Waals surface area contributed by atoms with Crippen LogP contribution in [0.2, 0.25) is 0 Å². The molecule has 0 aromatic heterocycles. The van der Waals surface area contributed by atoms with Crippen molar-refractivity contribution >= 4 is 10.2 Å². The average molecular weight is 277 g/mol. The summed E-state index contributed by atoms with van der Waals surface area (Å²) in [6, 6.07) is 0. The lowest BCUT2D eigenvalue weighted by molar-refractivity contribution is 0.280. The number of rotatable bonds is 5. The van der Waals surface area contributed by atoms with Gasteiger partial charge in [-0.3, -0.25) is 0 Å². The Morgan fingerprint density at radius 3 is 2.06 bits per heavy atom. The van der Waals surface area contributed by atoms with Crippen molar-refractivity contribution in [1.82, 2.24) is 9.44 Å². The van der Waals surface area contributed by atoms with Crippen LogP contribution in [0.4, 0.5) is 0 Å². The molecule has 0 aliphatic heterocycles. The molecule has 0 heterocycles. The molecule has 6 heteroatoms. The van der Waals surface area contributed by atoms with Crippen molar-refractivity contribution in [3.8, 4) is 0 Å². The van der Waals surface area contributed by atoms with Crippen molar-refractivity contribution < 1.29 is 8.42 Å². The van der Waals surface area contributed by atoms with E-state index in [1.54, 1.807) is 0 Å². The van der Waals surface area contributed by atoms with Crippen molar-refractivity contribution in [3.05, 3.63) is 0 Å². The van der Waals surface area contributed by atoms with Gasteiger partial charge in [0.25, 0.3) is 10.2 Å². The number of hydrogen-bond acceptors (Lipinski definition) is 3. The third kappa shape index (κ3) is 6.13. The second-order valence-electron chi connectivity index (χ2n) is 6.33. The molecule has 1 rings (SSSR count). The summed E-state index contributed by atoms with van der Waals surface area (Å²) < 4.78 is 28.8. The van der Waals surface area contributed by atoms with E-state index in [2.05, 4.69) is 9.44 Å². The fourth-order valence-corrected chi connectivity index (χ4v) is 3.67. The first-order chi connectivity index (χ1) is 8.22. The van der Waals surface area contributed by atoms with Crippen LogP contribution in [-0.2, 0) is 10.2 Å². The highest BCUT2D eigenvalue weighted by molar-refractivity contribution is 7.87. The highest BCUT2D eigenvalue weighted by Crippen LogP contribution is 2.27. The van der Waals surface area contributed by atoms with E-state index >= 15 is 0 Å². The smallest absolute Gasteiger partial charge is 0.277 e. The Kier molecular flexibility index (Phi) is 5.58. The van der Waals surface area contributed by atoms with Crippen LogP contribution in [0.5, 0.6) is 0 Å². The molecular weight excluding hydrogens is 250 g/mol. The van der Waals surface area contributed by atoms with E-state index in [0.717, 1.165) is 32.2 Å². The normalized spacial score (nSPS) is 26.2. The minimum absolute atomic E-state index is 0.441. The maximum atomic E-state index is 11.8.